The number of nitrogen functional groups attached to an aromatic ring is 1. The van der Waals surface area contributed by atoms with Gasteiger partial charge in [0.25, 0.3) is 0 Å². The molecule has 0 aliphatic carbocycles. The lowest BCUT2D eigenvalue weighted by molar-refractivity contribution is -0.0283. The Balaban J connectivity index is 2.08. The lowest BCUT2D eigenvalue weighted by Crippen LogP contribution is -2.39. The van der Waals surface area contributed by atoms with E-state index in [4.69, 9.17) is 16.2 Å². The summed E-state index contributed by atoms with van der Waals surface area (Å²) < 4.78 is 5.88. The van der Waals surface area contributed by atoms with Gasteiger partial charge in [-0.15, -0.1) is 0 Å². The predicted octanol–water partition coefficient (Wildman–Crippen LogP) is 1.72. The molecule has 1 unspecified atom stereocenters. The third-order valence-corrected chi connectivity index (χ3v) is 3.45. The SMILES string of the molecule is C[C](C)CN1CCOC(c2ccc(N)c(CN)c2)C1. The Morgan fingerprint density at radius 3 is 2.89 bits per heavy atom. The summed E-state index contributed by atoms with van der Waals surface area (Å²) in [7, 11) is 0. The highest BCUT2D eigenvalue weighted by atomic mass is 16.5. The van der Waals surface area contributed by atoms with Gasteiger partial charge in [0, 0.05) is 31.9 Å². The van der Waals surface area contributed by atoms with Crippen LogP contribution in [0.3, 0.4) is 0 Å². The van der Waals surface area contributed by atoms with Crippen molar-refractivity contribution in [3.8, 4) is 0 Å². The highest BCUT2D eigenvalue weighted by molar-refractivity contribution is 5.49. The van der Waals surface area contributed by atoms with E-state index >= 15 is 0 Å². The van der Waals surface area contributed by atoms with Crippen LogP contribution < -0.4 is 11.5 Å². The van der Waals surface area contributed by atoms with E-state index < -0.39 is 0 Å². The Labute approximate surface area is 115 Å². The van der Waals surface area contributed by atoms with Crippen molar-refractivity contribution < 1.29 is 4.74 Å². The minimum absolute atomic E-state index is 0.124. The summed E-state index contributed by atoms with van der Waals surface area (Å²) in [6, 6.07) is 6.05. The van der Waals surface area contributed by atoms with Gasteiger partial charge in [-0.25, -0.2) is 0 Å². The van der Waals surface area contributed by atoms with Gasteiger partial charge in [-0.05, 0) is 29.2 Å². The summed E-state index contributed by atoms with van der Waals surface area (Å²) in [5.74, 6) is 1.43. The van der Waals surface area contributed by atoms with Crippen molar-refractivity contribution in [2.45, 2.75) is 26.5 Å². The van der Waals surface area contributed by atoms with Gasteiger partial charge in [-0.2, -0.15) is 0 Å². The molecule has 19 heavy (non-hydrogen) atoms. The maximum Gasteiger partial charge on any atom is 0.0952 e. The quantitative estimate of drug-likeness (QED) is 0.811. The summed E-state index contributed by atoms with van der Waals surface area (Å²) >= 11 is 0. The van der Waals surface area contributed by atoms with Gasteiger partial charge in [-0.1, -0.05) is 19.9 Å². The van der Waals surface area contributed by atoms with Crippen molar-refractivity contribution in [1.29, 1.82) is 0 Å². The highest BCUT2D eigenvalue weighted by Gasteiger charge is 2.22. The average Bonchev–Trinajstić information content (AvgIpc) is 2.39. The molecule has 1 aromatic rings. The van der Waals surface area contributed by atoms with Crippen molar-refractivity contribution in [2.24, 2.45) is 5.73 Å². The fraction of sp³-hybridized carbons (Fsp3) is 0.533. The maximum atomic E-state index is 5.89. The van der Waals surface area contributed by atoms with Crippen molar-refractivity contribution in [3.05, 3.63) is 35.2 Å². The average molecular weight is 262 g/mol. The van der Waals surface area contributed by atoms with Crippen LogP contribution >= 0.6 is 0 Å². The first kappa shape index (κ1) is 14.3. The second-order valence-electron chi connectivity index (χ2n) is 5.46. The smallest absolute Gasteiger partial charge is 0.0952 e. The van der Waals surface area contributed by atoms with Crippen LogP contribution in [-0.2, 0) is 11.3 Å². The van der Waals surface area contributed by atoms with Gasteiger partial charge in [0.15, 0.2) is 0 Å². The Morgan fingerprint density at radius 1 is 1.42 bits per heavy atom. The molecule has 1 heterocycles. The summed E-state index contributed by atoms with van der Waals surface area (Å²) in [5, 5.41) is 0. The maximum absolute atomic E-state index is 5.89. The van der Waals surface area contributed by atoms with Crippen molar-refractivity contribution >= 4 is 5.69 Å². The van der Waals surface area contributed by atoms with Gasteiger partial charge in [-0.3, -0.25) is 4.90 Å². The lowest BCUT2D eigenvalue weighted by Gasteiger charge is -2.34. The molecule has 0 bridgehead atoms. The molecule has 0 aromatic heterocycles. The van der Waals surface area contributed by atoms with Gasteiger partial charge >= 0.3 is 0 Å². The van der Waals surface area contributed by atoms with E-state index in [1.165, 1.54) is 11.5 Å². The van der Waals surface area contributed by atoms with Crippen LogP contribution in [0.4, 0.5) is 5.69 Å². The summed E-state index contributed by atoms with van der Waals surface area (Å²) in [6.45, 7) is 8.55. The first-order valence-electron chi connectivity index (χ1n) is 6.81. The van der Waals surface area contributed by atoms with E-state index in [9.17, 15) is 0 Å². The molecule has 1 saturated heterocycles. The molecule has 4 nitrogen and oxygen atoms in total. The number of benzene rings is 1. The van der Waals surface area contributed by atoms with Crippen LogP contribution in [0.5, 0.6) is 0 Å². The van der Waals surface area contributed by atoms with Crippen molar-refractivity contribution in [2.75, 3.05) is 32.0 Å². The Bertz CT molecular complexity index is 420. The van der Waals surface area contributed by atoms with Crippen LogP contribution in [0.2, 0.25) is 0 Å². The largest absolute Gasteiger partial charge is 0.398 e. The normalized spacial score (nSPS) is 20.9. The molecular formula is C15H24N3O. The fourth-order valence-corrected chi connectivity index (χ4v) is 2.50. The molecule has 0 saturated carbocycles. The number of ether oxygens (including phenoxy) is 1. The minimum Gasteiger partial charge on any atom is -0.398 e. The first-order valence-corrected chi connectivity index (χ1v) is 6.81. The molecule has 1 atom stereocenters. The molecule has 1 aromatic carbocycles. The van der Waals surface area contributed by atoms with E-state index in [1.807, 2.05) is 12.1 Å². The number of nitrogens with two attached hydrogens (primary N) is 2. The van der Waals surface area contributed by atoms with Gasteiger partial charge < -0.3 is 16.2 Å². The molecule has 1 aliphatic heterocycles. The zero-order valence-corrected chi connectivity index (χ0v) is 11.9. The standard InChI is InChI=1S/C15H24N3O/c1-11(2)9-18-5-6-19-15(10-18)12-3-4-14(17)13(7-12)8-16/h3-4,7,15H,5-6,8-10,16-17H2,1-2H3. The van der Waals surface area contributed by atoms with Gasteiger partial charge in [0.05, 0.1) is 12.7 Å². The van der Waals surface area contributed by atoms with E-state index in [1.54, 1.807) is 0 Å². The number of anilines is 1. The van der Waals surface area contributed by atoms with Crippen molar-refractivity contribution in [1.82, 2.24) is 4.90 Å². The van der Waals surface area contributed by atoms with E-state index in [0.717, 1.165) is 37.5 Å². The topological polar surface area (TPSA) is 64.5 Å². The Hall–Kier alpha value is -1.10. The zero-order valence-electron chi connectivity index (χ0n) is 11.9. The number of nitrogens with zero attached hydrogens (tertiary/aromatic N) is 1. The number of morpholine rings is 1. The van der Waals surface area contributed by atoms with E-state index in [0.29, 0.717) is 6.54 Å². The molecule has 4 heteroatoms. The van der Waals surface area contributed by atoms with Crippen LogP contribution in [-0.4, -0.2) is 31.1 Å². The second-order valence-corrected chi connectivity index (χ2v) is 5.46. The lowest BCUT2D eigenvalue weighted by atomic mass is 10.0. The molecule has 0 spiro atoms. The Kier molecular flexibility index (Phi) is 4.80. The molecule has 0 amide bonds. The highest BCUT2D eigenvalue weighted by Crippen LogP contribution is 2.25. The fourth-order valence-electron chi connectivity index (χ4n) is 2.50. The zero-order chi connectivity index (χ0) is 13.8. The van der Waals surface area contributed by atoms with Crippen LogP contribution in [0.25, 0.3) is 0 Å². The molecular weight excluding hydrogens is 238 g/mol. The van der Waals surface area contributed by atoms with E-state index in [-0.39, 0.29) is 6.10 Å². The van der Waals surface area contributed by atoms with Crippen LogP contribution in [0.15, 0.2) is 18.2 Å². The van der Waals surface area contributed by atoms with Crippen LogP contribution in [0, 0.1) is 5.92 Å². The van der Waals surface area contributed by atoms with Gasteiger partial charge in [0.1, 0.15) is 0 Å². The molecule has 1 aliphatic rings. The third-order valence-electron chi connectivity index (χ3n) is 3.45. The van der Waals surface area contributed by atoms with Crippen LogP contribution in [0.1, 0.15) is 31.1 Å². The molecule has 105 valence electrons. The first-order chi connectivity index (χ1) is 9.10. The summed E-state index contributed by atoms with van der Waals surface area (Å²) in [6.07, 6.45) is 0.124. The van der Waals surface area contributed by atoms with Crippen molar-refractivity contribution in [3.63, 3.8) is 0 Å². The molecule has 2 rings (SSSR count). The second kappa shape index (κ2) is 6.37. The summed E-state index contributed by atoms with van der Waals surface area (Å²) in [5.41, 5.74) is 14.5. The monoisotopic (exact) mass is 262 g/mol. The molecule has 4 N–H and O–H groups in total. The summed E-state index contributed by atoms with van der Waals surface area (Å²) in [4.78, 5) is 2.43. The van der Waals surface area contributed by atoms with Gasteiger partial charge in [0.2, 0.25) is 0 Å². The number of hydrogen-bond donors (Lipinski definition) is 2. The third kappa shape index (κ3) is 3.69. The number of rotatable bonds is 4. The predicted molar refractivity (Wildman–Crippen MR) is 78.5 cm³/mol. The minimum atomic E-state index is 0.124. The molecule has 1 fully saturated rings. The molecule has 1 radical (unpaired) electrons. The Morgan fingerprint density at radius 2 is 2.21 bits per heavy atom. The number of hydrogen-bond acceptors (Lipinski definition) is 4. The van der Waals surface area contributed by atoms with E-state index in [2.05, 4.69) is 24.8 Å².